The van der Waals surface area contributed by atoms with Crippen molar-refractivity contribution in [3.63, 3.8) is 0 Å². The van der Waals surface area contributed by atoms with Gasteiger partial charge in [0.25, 0.3) is 15.9 Å². The van der Waals surface area contributed by atoms with E-state index in [0.717, 1.165) is 9.87 Å². The number of methoxy groups -OCH3 is 3. The molecule has 2 aliphatic heterocycles. The molecule has 0 saturated carbocycles. The molecule has 12 heteroatoms. The zero-order chi connectivity index (χ0) is 33.0. The summed E-state index contributed by atoms with van der Waals surface area (Å²) in [4.78, 5) is 32.5. The van der Waals surface area contributed by atoms with E-state index in [-0.39, 0.29) is 39.2 Å². The van der Waals surface area contributed by atoms with Gasteiger partial charge in [0, 0.05) is 48.4 Å². The highest BCUT2D eigenvalue weighted by molar-refractivity contribution is 7.93. The predicted molar refractivity (Wildman–Crippen MR) is 175 cm³/mol. The van der Waals surface area contributed by atoms with Crippen LogP contribution in [0.5, 0.6) is 17.2 Å². The van der Waals surface area contributed by atoms with Crippen LogP contribution in [0.3, 0.4) is 0 Å². The van der Waals surface area contributed by atoms with Crippen LogP contribution in [0.2, 0.25) is 5.02 Å². The first-order valence-corrected chi connectivity index (χ1v) is 16.2. The number of nitrogens with zero attached hydrogens (tertiary/aromatic N) is 3. The van der Waals surface area contributed by atoms with Gasteiger partial charge in [0.05, 0.1) is 27.0 Å². The van der Waals surface area contributed by atoms with Crippen LogP contribution in [0, 0.1) is 0 Å². The van der Waals surface area contributed by atoms with Gasteiger partial charge in [-0.3, -0.25) is 9.59 Å². The van der Waals surface area contributed by atoms with E-state index in [4.69, 9.17) is 25.8 Å². The number of halogens is 1. The molecule has 2 heterocycles. The lowest BCUT2D eigenvalue weighted by molar-refractivity contribution is -0.130. The summed E-state index contributed by atoms with van der Waals surface area (Å²) < 4.78 is 46.9. The Labute approximate surface area is 272 Å². The Morgan fingerprint density at radius 3 is 2.24 bits per heavy atom. The Bertz CT molecular complexity index is 1980. The average Bonchev–Trinajstić information content (AvgIpc) is 3.56. The molecule has 0 bridgehead atoms. The van der Waals surface area contributed by atoms with Gasteiger partial charge in [0.1, 0.15) is 28.2 Å². The molecular formula is C34H32ClN3O7S. The quantitative estimate of drug-likeness (QED) is 0.264. The van der Waals surface area contributed by atoms with Crippen LogP contribution in [0.15, 0.2) is 89.8 Å². The van der Waals surface area contributed by atoms with Crippen molar-refractivity contribution < 1.29 is 32.2 Å². The van der Waals surface area contributed by atoms with Crippen molar-refractivity contribution in [3.05, 3.63) is 107 Å². The molecule has 0 saturated heterocycles. The topological polar surface area (TPSA) is 106 Å². The van der Waals surface area contributed by atoms with Crippen LogP contribution < -0.4 is 23.4 Å². The number of likely N-dealkylation sites (N-methyl/N-ethyl adjacent to an activating group) is 1. The molecule has 238 valence electrons. The minimum absolute atomic E-state index is 0.00960. The summed E-state index contributed by atoms with van der Waals surface area (Å²) in [7, 11) is 2.91. The summed E-state index contributed by atoms with van der Waals surface area (Å²) in [6.07, 6.45) is 0.284. The lowest BCUT2D eigenvalue weighted by Crippen LogP contribution is -2.60. The molecule has 0 N–H and O–H groups in total. The molecule has 1 unspecified atom stereocenters. The molecule has 4 aromatic carbocycles. The fraction of sp³-hybridized carbons (Fsp3) is 0.235. The van der Waals surface area contributed by atoms with E-state index in [0.29, 0.717) is 22.7 Å². The largest absolute Gasteiger partial charge is 0.497 e. The molecule has 10 nitrogen and oxygen atoms in total. The minimum atomic E-state index is -4.64. The van der Waals surface area contributed by atoms with Crippen molar-refractivity contribution >= 4 is 44.8 Å². The average molecular weight is 662 g/mol. The lowest BCUT2D eigenvalue weighted by Gasteiger charge is -2.44. The van der Waals surface area contributed by atoms with Crippen LogP contribution in [-0.4, -0.2) is 66.6 Å². The summed E-state index contributed by atoms with van der Waals surface area (Å²) >= 11 is 6.64. The van der Waals surface area contributed by atoms with Gasteiger partial charge in [-0.1, -0.05) is 48.0 Å². The number of carbonyl (C=O) groups excluding carboxylic acids is 2. The molecule has 2 amide bonds. The number of fused-ring (bicyclic) bond motifs is 2. The second-order valence-corrected chi connectivity index (χ2v) is 13.3. The highest BCUT2D eigenvalue weighted by Gasteiger charge is 2.64. The zero-order valence-electron chi connectivity index (χ0n) is 25.9. The fourth-order valence-corrected chi connectivity index (χ4v) is 8.31. The SMILES string of the molecule is COc1ccc(S(=O)(=O)N2C(=O)C(c3ccccc3OC)(N3c4ccccc4C[C@H]3C(=O)N(C)C)c3cc(Cl)ccc32)c(OC)c1. The van der Waals surface area contributed by atoms with Crippen molar-refractivity contribution in [1.82, 2.24) is 4.90 Å². The van der Waals surface area contributed by atoms with Crippen LogP contribution in [-0.2, 0) is 31.6 Å². The van der Waals surface area contributed by atoms with Gasteiger partial charge in [0.2, 0.25) is 5.91 Å². The third kappa shape index (κ3) is 4.48. The normalized spacial score (nSPS) is 18.7. The van der Waals surface area contributed by atoms with E-state index >= 15 is 4.79 Å². The summed E-state index contributed by atoms with van der Waals surface area (Å²) in [6.45, 7) is 0. The molecule has 0 fully saturated rings. The Hall–Kier alpha value is -4.74. The van der Waals surface area contributed by atoms with Gasteiger partial charge in [0.15, 0.2) is 5.54 Å². The molecule has 0 aromatic heterocycles. The first kappa shape index (κ1) is 31.3. The summed E-state index contributed by atoms with van der Waals surface area (Å²) in [5, 5.41) is 0.273. The summed E-state index contributed by atoms with van der Waals surface area (Å²) in [5.74, 6) is -0.411. The Kier molecular flexibility index (Phi) is 7.86. The fourth-order valence-electron chi connectivity index (χ4n) is 6.53. The van der Waals surface area contributed by atoms with Crippen LogP contribution in [0.25, 0.3) is 0 Å². The monoisotopic (exact) mass is 661 g/mol. The number of amides is 2. The van der Waals surface area contributed by atoms with Crippen molar-refractivity contribution in [2.75, 3.05) is 44.6 Å². The zero-order valence-corrected chi connectivity index (χ0v) is 27.4. The summed E-state index contributed by atoms with van der Waals surface area (Å²) in [6, 6.07) is 22.3. The molecular weight excluding hydrogens is 630 g/mol. The Morgan fingerprint density at radius 1 is 0.848 bits per heavy atom. The van der Waals surface area contributed by atoms with E-state index < -0.39 is 27.5 Å². The molecule has 0 aliphatic carbocycles. The molecule has 6 rings (SSSR count). The number of sulfonamides is 1. The highest BCUT2D eigenvalue weighted by Crippen LogP contribution is 2.57. The maximum atomic E-state index is 15.6. The van der Waals surface area contributed by atoms with E-state index in [9.17, 15) is 13.2 Å². The number of hydrogen-bond donors (Lipinski definition) is 0. The van der Waals surface area contributed by atoms with Crippen molar-refractivity contribution in [2.45, 2.75) is 22.9 Å². The smallest absolute Gasteiger partial charge is 0.276 e. The second-order valence-electron chi connectivity index (χ2n) is 11.1. The molecule has 0 radical (unpaired) electrons. The number of para-hydroxylation sites is 2. The van der Waals surface area contributed by atoms with Gasteiger partial charge in [-0.2, -0.15) is 4.31 Å². The molecule has 4 aromatic rings. The van der Waals surface area contributed by atoms with Crippen molar-refractivity contribution in [2.24, 2.45) is 0 Å². The second kappa shape index (κ2) is 11.6. The first-order valence-electron chi connectivity index (χ1n) is 14.4. The first-order chi connectivity index (χ1) is 22.0. The number of hydrogen-bond acceptors (Lipinski definition) is 8. The Balaban J connectivity index is 1.73. The van der Waals surface area contributed by atoms with Crippen molar-refractivity contribution in [1.29, 1.82) is 0 Å². The van der Waals surface area contributed by atoms with Gasteiger partial charge < -0.3 is 24.0 Å². The third-order valence-electron chi connectivity index (χ3n) is 8.51. The molecule has 2 atom stereocenters. The van der Waals surface area contributed by atoms with Gasteiger partial charge in [-0.15, -0.1) is 0 Å². The van der Waals surface area contributed by atoms with Crippen LogP contribution in [0.4, 0.5) is 11.4 Å². The maximum Gasteiger partial charge on any atom is 0.276 e. The van der Waals surface area contributed by atoms with E-state index in [1.807, 2.05) is 24.3 Å². The van der Waals surface area contributed by atoms with E-state index in [1.54, 1.807) is 49.3 Å². The highest BCUT2D eigenvalue weighted by atomic mass is 35.5. The van der Waals surface area contributed by atoms with Gasteiger partial charge in [-0.05, 0) is 48.0 Å². The number of rotatable bonds is 8. The number of benzene rings is 4. The standard InChI is InChI=1S/C34H32ClN3O7S/c1-36(2)32(39)28-18-21-10-6-8-12-26(21)37(28)34(24-11-7-9-13-29(24)44-4)25-19-22(35)14-16-27(25)38(33(34)40)46(41,42)31-17-15-23(43-3)20-30(31)45-5/h6-17,19-20,28H,18H2,1-5H3/t28-,34?/m0/s1. The lowest BCUT2D eigenvalue weighted by atomic mass is 9.80. The molecule has 0 spiro atoms. The minimum Gasteiger partial charge on any atom is -0.497 e. The van der Waals surface area contributed by atoms with Gasteiger partial charge in [-0.25, -0.2) is 8.42 Å². The van der Waals surface area contributed by atoms with Crippen LogP contribution >= 0.6 is 11.6 Å². The summed E-state index contributed by atoms with van der Waals surface area (Å²) in [5.41, 5.74) is 0.222. The van der Waals surface area contributed by atoms with Gasteiger partial charge >= 0.3 is 0 Å². The number of carbonyl (C=O) groups is 2. The van der Waals surface area contributed by atoms with E-state index in [2.05, 4.69) is 0 Å². The third-order valence-corrected chi connectivity index (χ3v) is 10.5. The van der Waals surface area contributed by atoms with Crippen molar-refractivity contribution in [3.8, 4) is 17.2 Å². The number of ether oxygens (including phenoxy) is 3. The van der Waals surface area contributed by atoms with E-state index in [1.165, 1.54) is 56.6 Å². The molecule has 46 heavy (non-hydrogen) atoms. The number of anilines is 2. The maximum absolute atomic E-state index is 15.6. The predicted octanol–water partition coefficient (Wildman–Crippen LogP) is 4.86. The Morgan fingerprint density at radius 2 is 1.54 bits per heavy atom. The van der Waals surface area contributed by atoms with Crippen LogP contribution in [0.1, 0.15) is 16.7 Å². The molecule has 2 aliphatic rings.